The van der Waals surface area contributed by atoms with Gasteiger partial charge in [-0.2, -0.15) is 0 Å². The number of hydrogen-bond acceptors (Lipinski definition) is 4. The van der Waals surface area contributed by atoms with Gasteiger partial charge in [0.1, 0.15) is 16.6 Å². The molecule has 2 N–H and O–H groups in total. The van der Waals surface area contributed by atoms with Crippen molar-refractivity contribution >= 4 is 28.0 Å². The number of hydrogen-bond donors (Lipinski definition) is 2. The smallest absolute Gasteiger partial charge is 0.357 e. The van der Waals surface area contributed by atoms with Crippen LogP contribution in [0.15, 0.2) is 17.6 Å². The largest absolute Gasteiger partial charge is 0.476 e. The molecule has 1 aromatic heterocycles. The average molecular weight is 270 g/mol. The molecular weight excluding hydrogens is 262 g/mol. The van der Waals surface area contributed by atoms with Gasteiger partial charge < -0.3 is 10.4 Å². The number of anilines is 2. The Morgan fingerprint density at radius 2 is 2.11 bits per heavy atom. The lowest BCUT2D eigenvalue weighted by Gasteiger charge is -2.07. The Bertz CT molecular complexity index is 613. The van der Waals surface area contributed by atoms with Crippen LogP contribution < -0.4 is 5.32 Å². The van der Waals surface area contributed by atoms with E-state index in [1.54, 1.807) is 0 Å². The molecule has 0 aliphatic heterocycles. The van der Waals surface area contributed by atoms with Crippen molar-refractivity contribution in [3.63, 3.8) is 0 Å². The van der Waals surface area contributed by atoms with Crippen LogP contribution in [0.2, 0.25) is 0 Å². The number of carboxylic acid groups (broad SMARTS) is 1. The molecule has 0 fully saturated rings. The van der Waals surface area contributed by atoms with Crippen molar-refractivity contribution in [3.8, 4) is 0 Å². The molecule has 2 aromatic rings. The number of rotatable bonds is 3. The molecule has 18 heavy (non-hydrogen) atoms. The molecule has 0 bridgehead atoms. The van der Waals surface area contributed by atoms with Gasteiger partial charge in [-0.3, -0.25) is 0 Å². The summed E-state index contributed by atoms with van der Waals surface area (Å²) in [5.74, 6) is -2.45. The van der Waals surface area contributed by atoms with E-state index in [2.05, 4.69) is 10.3 Å². The molecule has 1 aromatic carbocycles. The fourth-order valence-corrected chi connectivity index (χ4v) is 2.04. The molecule has 0 aliphatic rings. The first-order valence-corrected chi connectivity index (χ1v) is 5.76. The van der Waals surface area contributed by atoms with Crippen LogP contribution in [0, 0.1) is 18.6 Å². The van der Waals surface area contributed by atoms with E-state index in [1.807, 2.05) is 0 Å². The second-order valence-electron chi connectivity index (χ2n) is 3.54. The molecule has 94 valence electrons. The zero-order chi connectivity index (χ0) is 13.3. The van der Waals surface area contributed by atoms with Crippen molar-refractivity contribution in [2.24, 2.45) is 0 Å². The zero-order valence-electron chi connectivity index (χ0n) is 9.20. The molecular formula is C11H8F2N2O2S. The van der Waals surface area contributed by atoms with E-state index in [0.29, 0.717) is 0 Å². The predicted molar refractivity (Wildman–Crippen MR) is 63.5 cm³/mol. The Kier molecular flexibility index (Phi) is 3.24. The first-order valence-electron chi connectivity index (χ1n) is 4.88. The molecule has 0 amide bonds. The van der Waals surface area contributed by atoms with Gasteiger partial charge in [0.05, 0.1) is 11.2 Å². The summed E-state index contributed by atoms with van der Waals surface area (Å²) in [6.45, 7) is 1.44. The van der Waals surface area contributed by atoms with Gasteiger partial charge in [0.2, 0.25) is 0 Å². The molecule has 1 heterocycles. The van der Waals surface area contributed by atoms with Gasteiger partial charge in [0, 0.05) is 6.07 Å². The first-order chi connectivity index (χ1) is 8.49. The topological polar surface area (TPSA) is 62.2 Å². The van der Waals surface area contributed by atoms with E-state index in [1.165, 1.54) is 12.4 Å². The highest BCUT2D eigenvalue weighted by Crippen LogP contribution is 2.27. The number of nitrogens with one attached hydrogen (secondary N) is 1. The van der Waals surface area contributed by atoms with Gasteiger partial charge >= 0.3 is 5.97 Å². The SMILES string of the molecule is Cc1cc(F)c(Nc2scnc2C(=O)O)cc1F. The average Bonchev–Trinajstić information content (AvgIpc) is 2.74. The number of aromatic nitrogens is 1. The quantitative estimate of drug-likeness (QED) is 0.899. The summed E-state index contributed by atoms with van der Waals surface area (Å²) < 4.78 is 26.9. The number of nitrogens with zero attached hydrogens (tertiary/aromatic N) is 1. The molecule has 4 nitrogen and oxygen atoms in total. The third kappa shape index (κ3) is 2.30. The summed E-state index contributed by atoms with van der Waals surface area (Å²) >= 11 is 0.999. The number of benzene rings is 1. The van der Waals surface area contributed by atoms with E-state index in [-0.39, 0.29) is 21.9 Å². The highest BCUT2D eigenvalue weighted by Gasteiger charge is 2.15. The fraction of sp³-hybridized carbons (Fsp3) is 0.0909. The monoisotopic (exact) mass is 270 g/mol. The van der Waals surface area contributed by atoms with E-state index in [0.717, 1.165) is 23.5 Å². The Balaban J connectivity index is 2.37. The van der Waals surface area contributed by atoms with Crippen LogP contribution in [0.3, 0.4) is 0 Å². The van der Waals surface area contributed by atoms with E-state index >= 15 is 0 Å². The van der Waals surface area contributed by atoms with Crippen LogP contribution in [-0.2, 0) is 0 Å². The number of aryl methyl sites for hydroxylation is 1. The maximum Gasteiger partial charge on any atom is 0.357 e. The molecule has 0 atom stereocenters. The van der Waals surface area contributed by atoms with Crippen molar-refractivity contribution in [3.05, 3.63) is 40.5 Å². The van der Waals surface area contributed by atoms with Crippen molar-refractivity contribution in [1.29, 1.82) is 0 Å². The highest BCUT2D eigenvalue weighted by molar-refractivity contribution is 7.14. The predicted octanol–water partition coefficient (Wildman–Crippen LogP) is 3.17. The summed E-state index contributed by atoms with van der Waals surface area (Å²) in [5.41, 5.74) is 1.15. The van der Waals surface area contributed by atoms with E-state index in [9.17, 15) is 13.6 Å². The lowest BCUT2D eigenvalue weighted by Crippen LogP contribution is -2.02. The second-order valence-corrected chi connectivity index (χ2v) is 4.40. The lowest BCUT2D eigenvalue weighted by molar-refractivity contribution is 0.0692. The van der Waals surface area contributed by atoms with Gasteiger partial charge in [-0.05, 0) is 18.6 Å². The van der Waals surface area contributed by atoms with Gasteiger partial charge in [-0.1, -0.05) is 0 Å². The third-order valence-electron chi connectivity index (χ3n) is 2.27. The number of carboxylic acids is 1. The summed E-state index contributed by atoms with van der Waals surface area (Å²) in [4.78, 5) is 14.4. The van der Waals surface area contributed by atoms with Gasteiger partial charge in [0.15, 0.2) is 5.69 Å². The standard InChI is InChI=1S/C11H8F2N2O2S/c1-5-2-7(13)8(3-6(5)12)15-10-9(11(16)17)14-4-18-10/h2-4,15H,1H3,(H,16,17). The number of aromatic carboxylic acids is 1. The number of thiazole rings is 1. The highest BCUT2D eigenvalue weighted by atomic mass is 32.1. The lowest BCUT2D eigenvalue weighted by atomic mass is 10.2. The minimum absolute atomic E-state index is 0.121. The van der Waals surface area contributed by atoms with Crippen LogP contribution >= 0.6 is 11.3 Å². The van der Waals surface area contributed by atoms with Crippen LogP contribution in [0.4, 0.5) is 19.5 Å². The molecule has 0 radical (unpaired) electrons. The molecule has 0 spiro atoms. The van der Waals surface area contributed by atoms with Crippen LogP contribution in [0.25, 0.3) is 0 Å². The summed E-state index contributed by atoms with van der Waals surface area (Å²) in [7, 11) is 0. The Morgan fingerprint density at radius 3 is 2.78 bits per heavy atom. The summed E-state index contributed by atoms with van der Waals surface area (Å²) in [5, 5.41) is 11.5. The third-order valence-corrected chi connectivity index (χ3v) is 3.01. The fourth-order valence-electron chi connectivity index (χ4n) is 1.35. The molecule has 0 unspecified atom stereocenters. The first kappa shape index (κ1) is 12.4. The summed E-state index contributed by atoms with van der Waals surface area (Å²) in [6.07, 6.45) is 0. The van der Waals surface area contributed by atoms with Crippen LogP contribution in [0.5, 0.6) is 0 Å². The van der Waals surface area contributed by atoms with Gasteiger partial charge in [-0.15, -0.1) is 11.3 Å². The van der Waals surface area contributed by atoms with E-state index in [4.69, 9.17) is 5.11 Å². The van der Waals surface area contributed by atoms with Crippen molar-refractivity contribution in [1.82, 2.24) is 4.98 Å². The molecule has 0 saturated carbocycles. The van der Waals surface area contributed by atoms with Crippen molar-refractivity contribution < 1.29 is 18.7 Å². The molecule has 0 saturated heterocycles. The van der Waals surface area contributed by atoms with Crippen LogP contribution in [-0.4, -0.2) is 16.1 Å². The minimum atomic E-state index is -1.23. The molecule has 2 rings (SSSR count). The second kappa shape index (κ2) is 4.69. The normalized spacial score (nSPS) is 10.4. The van der Waals surface area contributed by atoms with Gasteiger partial charge in [-0.25, -0.2) is 18.6 Å². The van der Waals surface area contributed by atoms with Crippen molar-refractivity contribution in [2.45, 2.75) is 6.92 Å². The maximum atomic E-state index is 13.6. The summed E-state index contributed by atoms with van der Waals surface area (Å²) in [6, 6.07) is 2.02. The van der Waals surface area contributed by atoms with Gasteiger partial charge in [0.25, 0.3) is 0 Å². The minimum Gasteiger partial charge on any atom is -0.476 e. The molecule has 0 aliphatic carbocycles. The Labute approximate surface area is 105 Å². The Morgan fingerprint density at radius 1 is 1.39 bits per heavy atom. The maximum absolute atomic E-state index is 13.6. The van der Waals surface area contributed by atoms with E-state index < -0.39 is 17.6 Å². The zero-order valence-corrected chi connectivity index (χ0v) is 10.0. The number of carbonyl (C=O) groups is 1. The number of halogens is 2. The van der Waals surface area contributed by atoms with Crippen molar-refractivity contribution in [2.75, 3.05) is 5.32 Å². The van der Waals surface area contributed by atoms with Crippen LogP contribution in [0.1, 0.15) is 16.1 Å². The Hall–Kier alpha value is -2.02. The molecule has 7 heteroatoms.